The highest BCUT2D eigenvalue weighted by molar-refractivity contribution is 7.26. The Morgan fingerprint density at radius 1 is 0.489 bits per heavy atom. The van der Waals surface area contributed by atoms with E-state index in [1.54, 1.807) is 0 Å². The van der Waals surface area contributed by atoms with Gasteiger partial charge in [0.2, 0.25) is 0 Å². The molecular formula is C43H31NS. The number of anilines is 3. The van der Waals surface area contributed by atoms with Gasteiger partial charge in [-0.2, -0.15) is 0 Å². The van der Waals surface area contributed by atoms with E-state index in [0.29, 0.717) is 0 Å². The van der Waals surface area contributed by atoms with Crippen LogP contribution in [0.1, 0.15) is 25.0 Å². The molecule has 0 unspecified atom stereocenters. The lowest BCUT2D eigenvalue weighted by Gasteiger charge is -2.28. The van der Waals surface area contributed by atoms with Gasteiger partial charge in [-0.05, 0) is 87.1 Å². The molecule has 8 aromatic rings. The van der Waals surface area contributed by atoms with Crippen molar-refractivity contribution >= 4 is 59.3 Å². The first-order chi connectivity index (χ1) is 22.1. The number of benzene rings is 7. The molecule has 9 rings (SSSR count). The number of hydrogen-bond acceptors (Lipinski definition) is 2. The number of rotatable bonds is 4. The fourth-order valence-corrected chi connectivity index (χ4v) is 8.59. The highest BCUT2D eigenvalue weighted by Gasteiger charge is 2.37. The van der Waals surface area contributed by atoms with Crippen molar-refractivity contribution < 1.29 is 0 Å². The molecule has 0 amide bonds. The van der Waals surface area contributed by atoms with Crippen LogP contribution in [0.15, 0.2) is 152 Å². The van der Waals surface area contributed by atoms with Crippen LogP contribution in [0.5, 0.6) is 0 Å². The van der Waals surface area contributed by atoms with E-state index in [1.807, 2.05) is 11.3 Å². The molecule has 1 nitrogen and oxygen atoms in total. The summed E-state index contributed by atoms with van der Waals surface area (Å²) in [4.78, 5) is 2.39. The quantitative estimate of drug-likeness (QED) is 0.196. The summed E-state index contributed by atoms with van der Waals surface area (Å²) in [6.07, 6.45) is 0. The van der Waals surface area contributed by atoms with E-state index in [0.717, 1.165) is 11.4 Å². The zero-order valence-electron chi connectivity index (χ0n) is 25.3. The Morgan fingerprint density at radius 2 is 1.18 bits per heavy atom. The standard InChI is InChI=1S/C43H31NS/c1-43(2)38-25-24-36-35-14-8-9-15-40(35)45-42(36)41(38)37-23-22-34(27-39(37)43)44(32-12-4-3-5-13-32)33-20-18-29(19-21-33)31-17-16-28-10-6-7-11-30(28)26-31/h3-27H,1-2H3. The van der Waals surface area contributed by atoms with Gasteiger partial charge in [-0.1, -0.05) is 117 Å². The van der Waals surface area contributed by atoms with Gasteiger partial charge in [-0.3, -0.25) is 0 Å². The average molecular weight is 594 g/mol. The molecule has 0 radical (unpaired) electrons. The lowest BCUT2D eigenvalue weighted by Crippen LogP contribution is -2.16. The fraction of sp³-hybridized carbons (Fsp3) is 0.0698. The predicted molar refractivity (Wildman–Crippen MR) is 195 cm³/mol. The van der Waals surface area contributed by atoms with E-state index in [2.05, 4.69) is 170 Å². The molecule has 0 saturated heterocycles. The summed E-state index contributed by atoms with van der Waals surface area (Å²) in [7, 11) is 0. The molecule has 0 aliphatic heterocycles. The van der Waals surface area contributed by atoms with Crippen LogP contribution >= 0.6 is 11.3 Å². The molecule has 214 valence electrons. The third kappa shape index (κ3) is 4.06. The summed E-state index contributed by atoms with van der Waals surface area (Å²) in [6.45, 7) is 4.76. The second-order valence-electron chi connectivity index (χ2n) is 12.6. The molecule has 1 heterocycles. The van der Waals surface area contributed by atoms with Crippen molar-refractivity contribution in [2.24, 2.45) is 0 Å². The molecular weight excluding hydrogens is 563 g/mol. The Bertz CT molecular complexity index is 2400. The highest BCUT2D eigenvalue weighted by Crippen LogP contribution is 2.55. The van der Waals surface area contributed by atoms with E-state index < -0.39 is 0 Å². The van der Waals surface area contributed by atoms with Gasteiger partial charge in [0.05, 0.1) is 0 Å². The van der Waals surface area contributed by atoms with Crippen molar-refractivity contribution in [3.63, 3.8) is 0 Å². The van der Waals surface area contributed by atoms with Crippen LogP contribution in [0.4, 0.5) is 17.1 Å². The first-order valence-corrected chi connectivity index (χ1v) is 16.4. The number of fused-ring (bicyclic) bond motifs is 8. The Kier molecular flexibility index (Phi) is 5.78. The van der Waals surface area contributed by atoms with Gasteiger partial charge in [-0.25, -0.2) is 0 Å². The van der Waals surface area contributed by atoms with Crippen LogP contribution in [0.2, 0.25) is 0 Å². The SMILES string of the molecule is CC1(C)c2cc(N(c3ccccc3)c3ccc(-c4ccc5ccccc5c4)cc3)ccc2-c2c1ccc1c2sc2ccccc21. The van der Waals surface area contributed by atoms with Crippen molar-refractivity contribution in [2.75, 3.05) is 4.90 Å². The minimum absolute atomic E-state index is 0.104. The third-order valence-corrected chi connectivity index (χ3v) is 10.9. The molecule has 45 heavy (non-hydrogen) atoms. The van der Waals surface area contributed by atoms with Gasteiger partial charge in [0.25, 0.3) is 0 Å². The van der Waals surface area contributed by atoms with Crippen LogP contribution in [0.3, 0.4) is 0 Å². The maximum absolute atomic E-state index is 2.43. The third-order valence-electron chi connectivity index (χ3n) is 9.65. The number of nitrogens with zero attached hydrogens (tertiary/aromatic N) is 1. The molecule has 2 heteroatoms. The summed E-state index contributed by atoms with van der Waals surface area (Å²) in [5, 5.41) is 5.24. The average Bonchev–Trinajstić information content (AvgIpc) is 3.58. The lowest BCUT2D eigenvalue weighted by molar-refractivity contribution is 0.661. The van der Waals surface area contributed by atoms with E-state index >= 15 is 0 Å². The molecule has 0 saturated carbocycles. The summed E-state index contributed by atoms with van der Waals surface area (Å²) in [5.74, 6) is 0. The number of para-hydroxylation sites is 1. The summed E-state index contributed by atoms with van der Waals surface area (Å²) in [5.41, 5.74) is 11.4. The molecule has 1 aliphatic carbocycles. The van der Waals surface area contributed by atoms with Crippen LogP contribution < -0.4 is 4.90 Å². The molecule has 0 N–H and O–H groups in total. The van der Waals surface area contributed by atoms with Crippen LogP contribution in [0, 0.1) is 0 Å². The topological polar surface area (TPSA) is 3.24 Å². The van der Waals surface area contributed by atoms with Gasteiger partial charge < -0.3 is 4.90 Å². The van der Waals surface area contributed by atoms with Crippen LogP contribution in [-0.2, 0) is 5.41 Å². The van der Waals surface area contributed by atoms with E-state index in [9.17, 15) is 0 Å². The zero-order valence-corrected chi connectivity index (χ0v) is 26.1. The summed E-state index contributed by atoms with van der Waals surface area (Å²) in [6, 6.07) is 55.6. The Labute approximate surface area is 267 Å². The maximum Gasteiger partial charge on any atom is 0.0465 e. The minimum atomic E-state index is -0.104. The molecule has 0 bridgehead atoms. The molecule has 1 aliphatic rings. The fourth-order valence-electron chi connectivity index (χ4n) is 7.32. The van der Waals surface area contributed by atoms with Crippen LogP contribution in [-0.4, -0.2) is 0 Å². The zero-order chi connectivity index (χ0) is 30.1. The van der Waals surface area contributed by atoms with Gasteiger partial charge in [-0.15, -0.1) is 11.3 Å². The Hall–Kier alpha value is -5.18. The molecule has 7 aromatic carbocycles. The maximum atomic E-state index is 2.43. The summed E-state index contributed by atoms with van der Waals surface area (Å²) >= 11 is 1.93. The molecule has 0 spiro atoms. The van der Waals surface area contributed by atoms with Crippen LogP contribution in [0.25, 0.3) is 53.2 Å². The van der Waals surface area contributed by atoms with Gasteiger partial charge in [0.1, 0.15) is 0 Å². The largest absolute Gasteiger partial charge is 0.310 e. The van der Waals surface area contributed by atoms with E-state index in [-0.39, 0.29) is 5.41 Å². The van der Waals surface area contributed by atoms with E-state index in [4.69, 9.17) is 0 Å². The van der Waals surface area contributed by atoms with Crippen molar-refractivity contribution in [3.05, 3.63) is 163 Å². The molecule has 1 aromatic heterocycles. The van der Waals surface area contributed by atoms with Crippen molar-refractivity contribution in [2.45, 2.75) is 19.3 Å². The van der Waals surface area contributed by atoms with Gasteiger partial charge in [0, 0.05) is 48.2 Å². The second kappa shape index (κ2) is 9.92. The van der Waals surface area contributed by atoms with E-state index in [1.165, 1.54) is 70.0 Å². The number of hydrogen-bond donors (Lipinski definition) is 0. The van der Waals surface area contributed by atoms with Crippen molar-refractivity contribution in [1.29, 1.82) is 0 Å². The normalized spacial score (nSPS) is 13.3. The van der Waals surface area contributed by atoms with Crippen molar-refractivity contribution in [1.82, 2.24) is 0 Å². The van der Waals surface area contributed by atoms with Gasteiger partial charge in [0.15, 0.2) is 0 Å². The Balaban J connectivity index is 1.17. The monoisotopic (exact) mass is 593 g/mol. The smallest absolute Gasteiger partial charge is 0.0465 e. The molecule has 0 fully saturated rings. The summed E-state index contributed by atoms with van der Waals surface area (Å²) < 4.78 is 2.75. The predicted octanol–water partition coefficient (Wildman–Crippen LogP) is 12.7. The molecule has 0 atom stereocenters. The first kappa shape index (κ1) is 26.2. The first-order valence-electron chi connectivity index (χ1n) is 15.6. The highest BCUT2D eigenvalue weighted by atomic mass is 32.1. The van der Waals surface area contributed by atoms with Gasteiger partial charge >= 0.3 is 0 Å². The minimum Gasteiger partial charge on any atom is -0.310 e. The van der Waals surface area contributed by atoms with Crippen molar-refractivity contribution in [3.8, 4) is 22.3 Å². The Morgan fingerprint density at radius 3 is 2.02 bits per heavy atom. The lowest BCUT2D eigenvalue weighted by atomic mass is 9.82. The number of thiophene rings is 1. The second-order valence-corrected chi connectivity index (χ2v) is 13.6.